The van der Waals surface area contributed by atoms with Crippen molar-refractivity contribution in [3.63, 3.8) is 0 Å². The van der Waals surface area contributed by atoms with E-state index in [9.17, 15) is 0 Å². The van der Waals surface area contributed by atoms with Crippen molar-refractivity contribution in [2.45, 2.75) is 39.5 Å². The molecule has 0 saturated carbocycles. The van der Waals surface area contributed by atoms with E-state index < -0.39 is 0 Å². The van der Waals surface area contributed by atoms with Crippen molar-refractivity contribution in [1.29, 1.82) is 0 Å². The van der Waals surface area contributed by atoms with Crippen LogP contribution >= 0.6 is 0 Å². The molecule has 0 atom stereocenters. The highest BCUT2D eigenvalue weighted by molar-refractivity contribution is 4.84. The normalized spacial score (nSPS) is 11.2. The van der Waals surface area contributed by atoms with Crippen LogP contribution in [-0.2, 0) is 0 Å². The first-order chi connectivity index (χ1) is 5.27. The molecule has 0 fully saturated rings. The van der Waals surface area contributed by atoms with Gasteiger partial charge in [-0.25, -0.2) is 0 Å². The van der Waals surface area contributed by atoms with Gasteiger partial charge in [0.05, 0.1) is 0 Å². The first-order valence-corrected chi connectivity index (χ1v) is 4.55. The second-order valence-electron chi connectivity index (χ2n) is 3.25. The fraction of sp³-hybridized carbons (Fsp3) is 0.636. The zero-order valence-electron chi connectivity index (χ0n) is 7.84. The summed E-state index contributed by atoms with van der Waals surface area (Å²) in [7, 11) is 0. The molecule has 64 valence electrons. The number of hydrogen-bond acceptors (Lipinski definition) is 0. The lowest BCUT2D eigenvalue weighted by molar-refractivity contribution is 0.752. The molecule has 0 bridgehead atoms. The maximum atomic E-state index is 3.69. The van der Waals surface area contributed by atoms with Gasteiger partial charge in [0.15, 0.2) is 0 Å². The van der Waals surface area contributed by atoms with Gasteiger partial charge in [-0.05, 0) is 31.6 Å². The summed E-state index contributed by atoms with van der Waals surface area (Å²) in [6, 6.07) is 0. The van der Waals surface area contributed by atoms with E-state index in [4.69, 9.17) is 0 Å². The summed E-state index contributed by atoms with van der Waals surface area (Å²) in [6.07, 6.45) is 11.5. The second-order valence-corrected chi connectivity index (χ2v) is 3.25. The standard InChI is InChI=1S/C11H20/c1-4-5-6-7-8-9-10-11(2)3/h4,9-11H,1,5-8H2,2-3H3. The molecule has 0 nitrogen and oxygen atoms in total. The van der Waals surface area contributed by atoms with Crippen molar-refractivity contribution in [2.75, 3.05) is 0 Å². The van der Waals surface area contributed by atoms with Gasteiger partial charge in [0.1, 0.15) is 0 Å². The Morgan fingerprint density at radius 2 is 1.82 bits per heavy atom. The van der Waals surface area contributed by atoms with Crippen LogP contribution < -0.4 is 0 Å². The highest BCUT2D eigenvalue weighted by Crippen LogP contribution is 2.02. The number of rotatable bonds is 6. The van der Waals surface area contributed by atoms with Crippen molar-refractivity contribution >= 4 is 0 Å². The van der Waals surface area contributed by atoms with Crippen LogP contribution in [0.2, 0.25) is 0 Å². The summed E-state index contributed by atoms with van der Waals surface area (Å²) >= 11 is 0. The van der Waals surface area contributed by atoms with Gasteiger partial charge in [-0.15, -0.1) is 6.58 Å². The van der Waals surface area contributed by atoms with Gasteiger partial charge in [0.2, 0.25) is 0 Å². The average Bonchev–Trinajstić information content (AvgIpc) is 1.96. The zero-order chi connectivity index (χ0) is 8.53. The van der Waals surface area contributed by atoms with Crippen LogP contribution in [0.3, 0.4) is 0 Å². The van der Waals surface area contributed by atoms with Gasteiger partial charge in [-0.1, -0.05) is 32.1 Å². The molecule has 0 spiro atoms. The molecule has 0 aromatic carbocycles. The molecule has 0 unspecified atom stereocenters. The average molecular weight is 152 g/mol. The van der Waals surface area contributed by atoms with Gasteiger partial charge in [0.25, 0.3) is 0 Å². The van der Waals surface area contributed by atoms with Crippen molar-refractivity contribution in [2.24, 2.45) is 5.92 Å². The zero-order valence-corrected chi connectivity index (χ0v) is 7.84. The predicted molar refractivity (Wildman–Crippen MR) is 52.6 cm³/mol. The summed E-state index contributed by atoms with van der Waals surface area (Å²) in [5.74, 6) is 0.703. The maximum Gasteiger partial charge on any atom is -0.0290 e. The largest absolute Gasteiger partial charge is 0.103 e. The fourth-order valence-electron chi connectivity index (χ4n) is 0.919. The summed E-state index contributed by atoms with van der Waals surface area (Å²) in [6.45, 7) is 8.11. The molecule has 0 aromatic rings. The van der Waals surface area contributed by atoms with E-state index in [1.807, 2.05) is 6.08 Å². The molecule has 0 N–H and O–H groups in total. The van der Waals surface area contributed by atoms with Crippen molar-refractivity contribution in [3.05, 3.63) is 24.8 Å². The Bertz CT molecular complexity index is 109. The van der Waals surface area contributed by atoms with E-state index in [-0.39, 0.29) is 0 Å². The Morgan fingerprint density at radius 1 is 1.18 bits per heavy atom. The van der Waals surface area contributed by atoms with E-state index in [1.54, 1.807) is 0 Å². The minimum absolute atomic E-state index is 0.703. The molecule has 0 rings (SSSR count). The molecule has 0 radical (unpaired) electrons. The minimum Gasteiger partial charge on any atom is -0.103 e. The Labute approximate surface area is 71.0 Å². The molecule has 0 aliphatic rings. The summed E-state index contributed by atoms with van der Waals surface area (Å²) in [5, 5.41) is 0. The quantitative estimate of drug-likeness (QED) is 0.399. The molecular formula is C11H20. The van der Waals surface area contributed by atoms with Gasteiger partial charge in [-0.3, -0.25) is 0 Å². The lowest BCUT2D eigenvalue weighted by atomic mass is 10.1. The second kappa shape index (κ2) is 7.59. The van der Waals surface area contributed by atoms with E-state index in [2.05, 4.69) is 32.6 Å². The van der Waals surface area contributed by atoms with E-state index in [1.165, 1.54) is 19.3 Å². The highest BCUT2D eigenvalue weighted by Gasteiger charge is 1.84. The molecular weight excluding hydrogens is 132 g/mol. The smallest absolute Gasteiger partial charge is 0.0290 e. The molecule has 0 saturated heterocycles. The molecule has 0 aliphatic carbocycles. The fourth-order valence-corrected chi connectivity index (χ4v) is 0.919. The number of allylic oxidation sites excluding steroid dienone is 3. The Balaban J connectivity index is 3.07. The summed E-state index contributed by atoms with van der Waals surface area (Å²) < 4.78 is 0. The minimum atomic E-state index is 0.703. The van der Waals surface area contributed by atoms with E-state index >= 15 is 0 Å². The Morgan fingerprint density at radius 3 is 2.36 bits per heavy atom. The van der Waals surface area contributed by atoms with Crippen LogP contribution in [0.5, 0.6) is 0 Å². The Hall–Kier alpha value is -0.520. The SMILES string of the molecule is C=CCCCCC=CC(C)C. The number of hydrogen-bond donors (Lipinski definition) is 0. The van der Waals surface area contributed by atoms with E-state index in [0.717, 1.165) is 6.42 Å². The third kappa shape index (κ3) is 9.48. The molecule has 0 heteroatoms. The lowest BCUT2D eigenvalue weighted by Crippen LogP contribution is -1.77. The van der Waals surface area contributed by atoms with Crippen LogP contribution in [0.25, 0.3) is 0 Å². The van der Waals surface area contributed by atoms with Gasteiger partial charge in [-0.2, -0.15) is 0 Å². The lowest BCUT2D eigenvalue weighted by Gasteiger charge is -1.94. The van der Waals surface area contributed by atoms with Crippen LogP contribution in [0, 0.1) is 5.92 Å². The summed E-state index contributed by atoms with van der Waals surface area (Å²) in [4.78, 5) is 0. The van der Waals surface area contributed by atoms with Crippen LogP contribution in [0.4, 0.5) is 0 Å². The van der Waals surface area contributed by atoms with Crippen molar-refractivity contribution in [1.82, 2.24) is 0 Å². The van der Waals surface area contributed by atoms with Crippen LogP contribution in [-0.4, -0.2) is 0 Å². The van der Waals surface area contributed by atoms with Gasteiger partial charge >= 0.3 is 0 Å². The first kappa shape index (κ1) is 10.5. The Kier molecular flexibility index (Phi) is 7.23. The maximum absolute atomic E-state index is 3.69. The van der Waals surface area contributed by atoms with Crippen molar-refractivity contribution < 1.29 is 0 Å². The first-order valence-electron chi connectivity index (χ1n) is 4.55. The molecule has 0 aliphatic heterocycles. The molecule has 11 heavy (non-hydrogen) atoms. The molecule has 0 aromatic heterocycles. The van der Waals surface area contributed by atoms with Crippen LogP contribution in [0.1, 0.15) is 39.5 Å². The van der Waals surface area contributed by atoms with E-state index in [0.29, 0.717) is 5.92 Å². The van der Waals surface area contributed by atoms with Crippen molar-refractivity contribution in [3.8, 4) is 0 Å². The monoisotopic (exact) mass is 152 g/mol. The van der Waals surface area contributed by atoms with Gasteiger partial charge < -0.3 is 0 Å². The third-order valence-corrected chi connectivity index (χ3v) is 1.55. The summed E-state index contributed by atoms with van der Waals surface area (Å²) in [5.41, 5.74) is 0. The third-order valence-electron chi connectivity index (χ3n) is 1.55. The molecule has 0 heterocycles. The number of unbranched alkanes of at least 4 members (excludes halogenated alkanes) is 3. The van der Waals surface area contributed by atoms with Gasteiger partial charge in [0, 0.05) is 0 Å². The topological polar surface area (TPSA) is 0 Å². The molecule has 0 amide bonds. The predicted octanol–water partition coefficient (Wildman–Crippen LogP) is 3.95. The highest BCUT2D eigenvalue weighted by atomic mass is 13.9. The van der Waals surface area contributed by atoms with Crippen LogP contribution in [0.15, 0.2) is 24.8 Å².